The molecule has 1 N–H and O–H groups in total. The summed E-state index contributed by atoms with van der Waals surface area (Å²) < 4.78 is 7.51. The van der Waals surface area contributed by atoms with Crippen molar-refractivity contribution in [2.45, 2.75) is 45.8 Å². The van der Waals surface area contributed by atoms with Gasteiger partial charge in [0.15, 0.2) is 0 Å². The van der Waals surface area contributed by atoms with Crippen LogP contribution in [0.4, 0.5) is 0 Å². The van der Waals surface area contributed by atoms with Crippen LogP contribution in [-0.2, 0) is 24.4 Å². The topological polar surface area (TPSA) is 63.3 Å². The Morgan fingerprint density at radius 1 is 1.50 bits per heavy atom. The highest BCUT2D eigenvalue weighted by atomic mass is 16.3. The van der Waals surface area contributed by atoms with Gasteiger partial charge in [0.05, 0.1) is 25.3 Å². The maximum Gasteiger partial charge on any atom is 0.224 e. The summed E-state index contributed by atoms with van der Waals surface area (Å²) in [6, 6.07) is 3.89. The van der Waals surface area contributed by atoms with Crippen molar-refractivity contribution >= 4 is 5.91 Å². The lowest BCUT2D eigenvalue weighted by molar-refractivity contribution is -0.127. The molecule has 1 atom stereocenters. The van der Waals surface area contributed by atoms with Gasteiger partial charge in [-0.15, -0.1) is 0 Å². The van der Waals surface area contributed by atoms with Crippen molar-refractivity contribution in [1.82, 2.24) is 19.8 Å². The first-order chi connectivity index (χ1) is 11.8. The van der Waals surface area contributed by atoms with Crippen LogP contribution < -0.4 is 5.32 Å². The Hall–Kier alpha value is -2.08. The first-order valence-electron chi connectivity index (χ1n) is 8.78. The van der Waals surface area contributed by atoms with Crippen LogP contribution in [-0.4, -0.2) is 33.4 Å². The van der Waals surface area contributed by atoms with Gasteiger partial charge >= 0.3 is 0 Å². The fourth-order valence-electron chi connectivity index (χ4n) is 3.30. The maximum absolute atomic E-state index is 12.5. The Labute approximate surface area is 142 Å². The molecule has 0 aliphatic carbocycles. The van der Waals surface area contributed by atoms with E-state index in [0.29, 0.717) is 6.54 Å². The molecule has 2 aromatic heterocycles. The molecule has 0 radical (unpaired) electrons. The average Bonchev–Trinajstić information content (AvgIpc) is 3.25. The quantitative estimate of drug-likeness (QED) is 0.847. The number of carbonyl (C=O) groups is 1. The molecule has 0 aromatic carbocycles. The van der Waals surface area contributed by atoms with Gasteiger partial charge in [-0.25, -0.2) is 4.98 Å². The van der Waals surface area contributed by atoms with E-state index in [-0.39, 0.29) is 11.8 Å². The van der Waals surface area contributed by atoms with Crippen molar-refractivity contribution in [1.29, 1.82) is 0 Å². The summed E-state index contributed by atoms with van der Waals surface area (Å²) in [7, 11) is 0. The fraction of sp³-hybridized carbons (Fsp3) is 0.556. The number of piperidine rings is 1. The number of aromatic nitrogens is 2. The van der Waals surface area contributed by atoms with Gasteiger partial charge in [0.2, 0.25) is 5.91 Å². The zero-order valence-corrected chi connectivity index (χ0v) is 14.3. The molecule has 3 rings (SSSR count). The lowest BCUT2D eigenvalue weighted by Gasteiger charge is -2.31. The second-order valence-electron chi connectivity index (χ2n) is 6.41. The lowest BCUT2D eigenvalue weighted by atomic mass is 9.97. The van der Waals surface area contributed by atoms with Gasteiger partial charge in [0, 0.05) is 25.5 Å². The average molecular weight is 330 g/mol. The molecule has 1 unspecified atom stereocenters. The highest BCUT2D eigenvalue weighted by Gasteiger charge is 2.26. The maximum atomic E-state index is 12.5. The molecule has 1 amide bonds. The number of likely N-dealkylation sites (tertiary alicyclic amines) is 1. The summed E-state index contributed by atoms with van der Waals surface area (Å²) in [5.41, 5.74) is 0. The Morgan fingerprint density at radius 3 is 3.21 bits per heavy atom. The van der Waals surface area contributed by atoms with Crippen molar-refractivity contribution in [2.24, 2.45) is 5.92 Å². The van der Waals surface area contributed by atoms with Crippen LogP contribution in [0.3, 0.4) is 0 Å². The molecule has 0 spiro atoms. The highest BCUT2D eigenvalue weighted by Crippen LogP contribution is 2.19. The predicted octanol–water partition coefficient (Wildman–Crippen LogP) is 2.41. The van der Waals surface area contributed by atoms with E-state index in [1.54, 1.807) is 12.5 Å². The number of nitrogens with one attached hydrogen (secondary N) is 1. The van der Waals surface area contributed by atoms with Gasteiger partial charge < -0.3 is 14.3 Å². The van der Waals surface area contributed by atoms with Crippen LogP contribution in [0.1, 0.15) is 37.8 Å². The van der Waals surface area contributed by atoms with E-state index in [0.717, 1.165) is 57.0 Å². The van der Waals surface area contributed by atoms with Gasteiger partial charge in [0.1, 0.15) is 11.6 Å². The normalized spacial score (nSPS) is 18.6. The lowest BCUT2D eigenvalue weighted by Crippen LogP contribution is -2.42. The number of amides is 1. The van der Waals surface area contributed by atoms with Gasteiger partial charge in [-0.05, 0) is 37.9 Å². The zero-order valence-electron chi connectivity index (χ0n) is 14.3. The van der Waals surface area contributed by atoms with Crippen molar-refractivity contribution in [3.05, 3.63) is 42.4 Å². The molecule has 1 aliphatic heterocycles. The number of carbonyl (C=O) groups excluding carboxylic acids is 1. The van der Waals surface area contributed by atoms with E-state index in [2.05, 4.69) is 26.7 Å². The number of rotatable bonds is 7. The summed E-state index contributed by atoms with van der Waals surface area (Å²) in [6.45, 7) is 6.16. The van der Waals surface area contributed by atoms with Gasteiger partial charge in [0.25, 0.3) is 0 Å². The molecule has 130 valence electrons. The molecule has 0 saturated carbocycles. The van der Waals surface area contributed by atoms with Crippen LogP contribution >= 0.6 is 0 Å². The second kappa shape index (κ2) is 8.15. The number of nitrogens with zero attached hydrogens (tertiary/aromatic N) is 3. The van der Waals surface area contributed by atoms with E-state index in [9.17, 15) is 4.79 Å². The van der Waals surface area contributed by atoms with E-state index >= 15 is 0 Å². The number of imidazole rings is 1. The van der Waals surface area contributed by atoms with Crippen molar-refractivity contribution < 1.29 is 9.21 Å². The van der Waals surface area contributed by atoms with E-state index in [4.69, 9.17) is 4.42 Å². The largest absolute Gasteiger partial charge is 0.468 e. The third-order valence-electron chi connectivity index (χ3n) is 4.52. The zero-order chi connectivity index (χ0) is 16.8. The summed E-state index contributed by atoms with van der Waals surface area (Å²) >= 11 is 0. The molecule has 1 aliphatic rings. The number of hydrogen-bond donors (Lipinski definition) is 1. The van der Waals surface area contributed by atoms with Crippen LogP contribution in [0.5, 0.6) is 0 Å². The van der Waals surface area contributed by atoms with Crippen LogP contribution in [0.15, 0.2) is 35.2 Å². The summed E-state index contributed by atoms with van der Waals surface area (Å²) in [6.07, 6.45) is 8.51. The van der Waals surface area contributed by atoms with E-state index in [1.807, 2.05) is 18.3 Å². The Balaban J connectivity index is 1.50. The standard InChI is InChI=1S/C18H26N4O2/c1-2-8-22-10-7-19-17(22)12-20-18(23)15-5-3-9-21(13-15)14-16-6-4-11-24-16/h4,6-7,10-11,15H,2-3,5,8-9,12-14H2,1H3,(H,20,23). The van der Waals surface area contributed by atoms with Gasteiger partial charge in [-0.3, -0.25) is 9.69 Å². The van der Waals surface area contributed by atoms with E-state index in [1.165, 1.54) is 0 Å². The predicted molar refractivity (Wildman–Crippen MR) is 91.1 cm³/mol. The summed E-state index contributed by atoms with van der Waals surface area (Å²) in [4.78, 5) is 19.2. The number of aryl methyl sites for hydroxylation is 1. The molecular weight excluding hydrogens is 304 g/mol. The molecule has 1 saturated heterocycles. The van der Waals surface area contributed by atoms with Crippen molar-refractivity contribution in [3.8, 4) is 0 Å². The minimum Gasteiger partial charge on any atom is -0.468 e. The van der Waals surface area contributed by atoms with Gasteiger partial charge in [-0.2, -0.15) is 0 Å². The molecule has 2 aromatic rings. The van der Waals surface area contributed by atoms with Crippen molar-refractivity contribution in [3.63, 3.8) is 0 Å². The third-order valence-corrected chi connectivity index (χ3v) is 4.52. The van der Waals surface area contributed by atoms with Crippen LogP contribution in [0.25, 0.3) is 0 Å². The second-order valence-corrected chi connectivity index (χ2v) is 6.41. The SMILES string of the molecule is CCCn1ccnc1CNC(=O)C1CCCN(Cc2ccco2)C1. The summed E-state index contributed by atoms with van der Waals surface area (Å²) in [5.74, 6) is 2.06. The monoisotopic (exact) mass is 330 g/mol. The molecular formula is C18H26N4O2. The number of hydrogen-bond acceptors (Lipinski definition) is 4. The Kier molecular flexibility index (Phi) is 5.69. The van der Waals surface area contributed by atoms with E-state index < -0.39 is 0 Å². The molecule has 1 fully saturated rings. The highest BCUT2D eigenvalue weighted by molar-refractivity contribution is 5.78. The van der Waals surface area contributed by atoms with Gasteiger partial charge in [-0.1, -0.05) is 6.92 Å². The Bertz CT molecular complexity index is 635. The van der Waals surface area contributed by atoms with Crippen LogP contribution in [0, 0.1) is 5.92 Å². The smallest absolute Gasteiger partial charge is 0.224 e. The third kappa shape index (κ3) is 4.26. The molecule has 6 nitrogen and oxygen atoms in total. The summed E-state index contributed by atoms with van der Waals surface area (Å²) in [5, 5.41) is 3.06. The molecule has 24 heavy (non-hydrogen) atoms. The first-order valence-corrected chi connectivity index (χ1v) is 8.78. The first kappa shape index (κ1) is 16.8. The molecule has 0 bridgehead atoms. The Morgan fingerprint density at radius 2 is 2.42 bits per heavy atom. The molecule has 3 heterocycles. The molecule has 6 heteroatoms. The minimum atomic E-state index is 0.0447. The van der Waals surface area contributed by atoms with Crippen molar-refractivity contribution in [2.75, 3.05) is 13.1 Å². The number of furan rings is 1. The van der Waals surface area contributed by atoms with Crippen LogP contribution in [0.2, 0.25) is 0 Å². The minimum absolute atomic E-state index is 0.0447. The fourth-order valence-corrected chi connectivity index (χ4v) is 3.30.